The molecule has 1 aromatic carbocycles. The lowest BCUT2D eigenvalue weighted by molar-refractivity contribution is 0.0690. The van der Waals surface area contributed by atoms with Gasteiger partial charge in [-0.25, -0.2) is 9.78 Å². The summed E-state index contributed by atoms with van der Waals surface area (Å²) in [7, 11) is 0. The van der Waals surface area contributed by atoms with E-state index in [4.69, 9.17) is 5.11 Å². The predicted molar refractivity (Wildman–Crippen MR) is 90.2 cm³/mol. The van der Waals surface area contributed by atoms with E-state index in [0.717, 1.165) is 16.7 Å². The molecule has 0 spiro atoms. The van der Waals surface area contributed by atoms with Crippen LogP contribution >= 0.6 is 0 Å². The van der Waals surface area contributed by atoms with Crippen LogP contribution < -0.4 is 5.56 Å². The summed E-state index contributed by atoms with van der Waals surface area (Å²) in [6.45, 7) is 0.526. The van der Waals surface area contributed by atoms with Gasteiger partial charge in [0.15, 0.2) is 0 Å². The number of aromatic nitrogens is 2. The Balaban J connectivity index is 1.73. The van der Waals surface area contributed by atoms with Crippen molar-refractivity contribution in [2.45, 2.75) is 13.0 Å². The highest BCUT2D eigenvalue weighted by atomic mass is 16.4. The van der Waals surface area contributed by atoms with Crippen molar-refractivity contribution < 1.29 is 9.90 Å². The lowest BCUT2D eigenvalue weighted by atomic mass is 10.0. The maximum Gasteiger partial charge on any atom is 0.354 e. The van der Waals surface area contributed by atoms with Crippen LogP contribution in [0, 0.1) is 0 Å². The van der Waals surface area contributed by atoms with Crippen molar-refractivity contribution in [1.82, 2.24) is 9.55 Å². The number of carboxylic acids is 1. The van der Waals surface area contributed by atoms with Gasteiger partial charge in [0, 0.05) is 18.5 Å². The van der Waals surface area contributed by atoms with E-state index in [0.29, 0.717) is 13.0 Å². The lowest BCUT2D eigenvalue weighted by Gasteiger charge is -2.07. The Kier molecular flexibility index (Phi) is 4.52. The van der Waals surface area contributed by atoms with Gasteiger partial charge in [-0.1, -0.05) is 30.3 Å². The molecule has 0 saturated carbocycles. The second kappa shape index (κ2) is 6.91. The summed E-state index contributed by atoms with van der Waals surface area (Å²) in [5.41, 5.74) is 3.02. The number of rotatable bonds is 5. The molecule has 120 valence electrons. The van der Waals surface area contributed by atoms with E-state index in [1.54, 1.807) is 22.9 Å². The molecule has 0 bridgehead atoms. The van der Waals surface area contributed by atoms with Crippen molar-refractivity contribution in [3.8, 4) is 0 Å². The van der Waals surface area contributed by atoms with Crippen LogP contribution in [0.5, 0.6) is 0 Å². The highest BCUT2D eigenvalue weighted by Crippen LogP contribution is 2.12. The maximum absolute atomic E-state index is 11.7. The molecule has 3 aromatic rings. The third-order valence-electron chi connectivity index (χ3n) is 3.73. The molecule has 1 N–H and O–H groups in total. The summed E-state index contributed by atoms with van der Waals surface area (Å²) in [6.07, 6.45) is 3.91. The Morgan fingerprint density at radius 1 is 1.00 bits per heavy atom. The molecule has 0 aliphatic carbocycles. The number of aromatic carboxylic acids is 1. The minimum absolute atomic E-state index is 0.0282. The summed E-state index contributed by atoms with van der Waals surface area (Å²) in [5.74, 6) is -1.03. The number of pyridine rings is 2. The second-order valence-corrected chi connectivity index (χ2v) is 5.51. The van der Waals surface area contributed by atoms with Gasteiger partial charge in [0.05, 0.1) is 6.54 Å². The molecule has 5 heteroatoms. The van der Waals surface area contributed by atoms with Crippen molar-refractivity contribution in [1.29, 1.82) is 0 Å². The van der Waals surface area contributed by atoms with Gasteiger partial charge in [0.25, 0.3) is 5.56 Å². The Morgan fingerprint density at radius 3 is 2.46 bits per heavy atom. The Bertz CT molecular complexity index is 914. The van der Waals surface area contributed by atoms with Crippen molar-refractivity contribution in [2.75, 3.05) is 0 Å². The smallest absolute Gasteiger partial charge is 0.354 e. The summed E-state index contributed by atoms with van der Waals surface area (Å²) >= 11 is 0. The van der Waals surface area contributed by atoms with Gasteiger partial charge in [0.2, 0.25) is 0 Å². The average molecular weight is 320 g/mol. The number of nitrogens with zero attached hydrogens (tertiary/aromatic N) is 2. The highest BCUT2D eigenvalue weighted by molar-refractivity contribution is 5.85. The number of carboxylic acid groups (broad SMARTS) is 1. The fraction of sp³-hybridized carbons (Fsp3) is 0.105. The zero-order valence-electron chi connectivity index (χ0n) is 12.9. The number of benzene rings is 1. The van der Waals surface area contributed by atoms with Gasteiger partial charge in [-0.15, -0.1) is 0 Å². The lowest BCUT2D eigenvalue weighted by Crippen LogP contribution is -2.18. The SMILES string of the molecule is O=C(O)c1cc(Cc2ccc(Cn3ccccc3=O)cc2)ccn1. The van der Waals surface area contributed by atoms with Crippen molar-refractivity contribution in [2.24, 2.45) is 0 Å². The fourth-order valence-corrected chi connectivity index (χ4v) is 2.49. The van der Waals surface area contributed by atoms with E-state index in [2.05, 4.69) is 4.98 Å². The van der Waals surface area contributed by atoms with Crippen molar-refractivity contribution in [3.05, 3.63) is 99.7 Å². The second-order valence-electron chi connectivity index (χ2n) is 5.51. The monoisotopic (exact) mass is 320 g/mol. The molecule has 0 amide bonds. The van der Waals surface area contributed by atoms with Crippen LogP contribution in [-0.2, 0) is 13.0 Å². The first-order chi connectivity index (χ1) is 11.6. The fourth-order valence-electron chi connectivity index (χ4n) is 2.49. The minimum Gasteiger partial charge on any atom is -0.477 e. The van der Waals surface area contributed by atoms with E-state index < -0.39 is 5.97 Å². The van der Waals surface area contributed by atoms with Crippen LogP contribution in [0.3, 0.4) is 0 Å². The van der Waals surface area contributed by atoms with Crippen LogP contribution in [0.1, 0.15) is 27.2 Å². The van der Waals surface area contributed by atoms with E-state index in [1.807, 2.05) is 36.4 Å². The van der Waals surface area contributed by atoms with Crippen LogP contribution in [0.15, 0.2) is 71.8 Å². The van der Waals surface area contributed by atoms with Crippen LogP contribution in [0.25, 0.3) is 0 Å². The van der Waals surface area contributed by atoms with E-state index >= 15 is 0 Å². The van der Waals surface area contributed by atoms with Crippen LogP contribution in [0.2, 0.25) is 0 Å². The normalized spacial score (nSPS) is 10.5. The quantitative estimate of drug-likeness (QED) is 0.784. The zero-order valence-corrected chi connectivity index (χ0v) is 12.9. The van der Waals surface area contributed by atoms with Gasteiger partial charge in [0.1, 0.15) is 5.69 Å². The highest BCUT2D eigenvalue weighted by Gasteiger charge is 2.05. The first-order valence-corrected chi connectivity index (χ1v) is 7.53. The Labute approximate surface area is 138 Å². The summed E-state index contributed by atoms with van der Waals surface area (Å²) in [5, 5.41) is 8.98. The van der Waals surface area contributed by atoms with Gasteiger partial charge in [-0.3, -0.25) is 4.79 Å². The van der Waals surface area contributed by atoms with Crippen LogP contribution in [-0.4, -0.2) is 20.6 Å². The van der Waals surface area contributed by atoms with Crippen LogP contribution in [0.4, 0.5) is 0 Å². The molecular formula is C19H16N2O3. The molecule has 0 aliphatic rings. The van der Waals surface area contributed by atoms with Gasteiger partial charge < -0.3 is 9.67 Å². The predicted octanol–water partition coefficient (Wildman–Crippen LogP) is 2.58. The summed E-state index contributed by atoms with van der Waals surface area (Å²) < 4.78 is 1.65. The number of carbonyl (C=O) groups is 1. The number of hydrogen-bond acceptors (Lipinski definition) is 3. The van der Waals surface area contributed by atoms with Crippen molar-refractivity contribution >= 4 is 5.97 Å². The molecule has 24 heavy (non-hydrogen) atoms. The van der Waals surface area contributed by atoms with E-state index in [1.165, 1.54) is 12.3 Å². The standard InChI is InChI=1S/C19H16N2O3/c22-18-3-1-2-10-21(18)13-15-6-4-14(5-7-15)11-16-8-9-20-17(12-16)19(23)24/h1-10,12H,11,13H2,(H,23,24). The first kappa shape index (κ1) is 15.7. The molecule has 0 unspecified atom stereocenters. The molecule has 0 atom stereocenters. The molecule has 0 aliphatic heterocycles. The topological polar surface area (TPSA) is 72.2 Å². The van der Waals surface area contributed by atoms with Gasteiger partial charge in [-0.2, -0.15) is 0 Å². The minimum atomic E-state index is -1.03. The molecule has 5 nitrogen and oxygen atoms in total. The molecule has 3 rings (SSSR count). The van der Waals surface area contributed by atoms with Crippen molar-refractivity contribution in [3.63, 3.8) is 0 Å². The average Bonchev–Trinajstić information content (AvgIpc) is 2.59. The number of hydrogen-bond donors (Lipinski definition) is 1. The van der Waals surface area contributed by atoms with E-state index in [-0.39, 0.29) is 11.3 Å². The molecule has 0 fully saturated rings. The van der Waals surface area contributed by atoms with Gasteiger partial charge in [-0.05, 0) is 41.3 Å². The Hall–Kier alpha value is -3.21. The third-order valence-corrected chi connectivity index (χ3v) is 3.73. The van der Waals surface area contributed by atoms with Gasteiger partial charge >= 0.3 is 5.97 Å². The summed E-state index contributed by atoms with van der Waals surface area (Å²) in [6, 6.07) is 16.4. The summed E-state index contributed by atoms with van der Waals surface area (Å²) in [4.78, 5) is 26.5. The Morgan fingerprint density at radius 2 is 1.75 bits per heavy atom. The largest absolute Gasteiger partial charge is 0.477 e. The zero-order chi connectivity index (χ0) is 16.9. The molecule has 2 heterocycles. The molecule has 0 saturated heterocycles. The third kappa shape index (κ3) is 3.76. The maximum atomic E-state index is 11.7. The molecular weight excluding hydrogens is 304 g/mol. The molecule has 2 aromatic heterocycles. The first-order valence-electron chi connectivity index (χ1n) is 7.53. The van der Waals surface area contributed by atoms with E-state index in [9.17, 15) is 9.59 Å². The molecule has 0 radical (unpaired) electrons.